The molecule has 5 nitrogen and oxygen atoms in total. The predicted octanol–water partition coefficient (Wildman–Crippen LogP) is 1.02. The Hall–Kier alpha value is -1.69. The molecule has 1 atom stereocenters. The quantitative estimate of drug-likeness (QED) is 0.807. The maximum absolute atomic E-state index is 11.8. The lowest BCUT2D eigenvalue weighted by Crippen LogP contribution is -2.17. The van der Waals surface area contributed by atoms with Gasteiger partial charge < -0.3 is 10.4 Å². The van der Waals surface area contributed by atoms with Crippen LogP contribution in [0.25, 0.3) is 0 Å². The second-order valence-electron chi connectivity index (χ2n) is 3.66. The molecule has 0 bridgehead atoms. The molecule has 0 heterocycles. The Morgan fingerprint density at radius 1 is 1.28 bits per heavy atom. The maximum atomic E-state index is 11.8. The van der Waals surface area contributed by atoms with E-state index in [9.17, 15) is 13.8 Å². The van der Waals surface area contributed by atoms with Gasteiger partial charge in [0.15, 0.2) is 0 Å². The topological polar surface area (TPSA) is 83.5 Å². The minimum Gasteiger partial charge on any atom is -0.478 e. The van der Waals surface area contributed by atoms with Crippen LogP contribution < -0.4 is 5.32 Å². The van der Waals surface area contributed by atoms with Crippen molar-refractivity contribution in [3.63, 3.8) is 0 Å². The van der Waals surface area contributed by atoms with Crippen molar-refractivity contribution >= 4 is 22.7 Å². The second-order valence-corrected chi connectivity index (χ2v) is 5.23. The number of carboxylic acids is 1. The molecule has 0 fully saturated rings. The maximum Gasteiger partial charge on any atom is 0.335 e. The van der Waals surface area contributed by atoms with Gasteiger partial charge in [-0.1, -0.05) is 0 Å². The molecule has 1 aromatic rings. The molecule has 1 unspecified atom stereocenters. The monoisotopic (exact) mass is 269 g/mol. The fourth-order valence-corrected chi connectivity index (χ4v) is 2.44. The molecule has 0 aliphatic rings. The summed E-state index contributed by atoms with van der Waals surface area (Å²) < 4.78 is 11.8. The van der Waals surface area contributed by atoms with Crippen LogP contribution in [0, 0.1) is 0 Å². The number of nitrogens with one attached hydrogen (secondary N) is 1. The summed E-state index contributed by atoms with van der Waals surface area (Å²) in [6.45, 7) is 0. The molecule has 0 radical (unpaired) electrons. The number of aromatic carboxylic acids is 1. The Morgan fingerprint density at radius 3 is 2.39 bits per heavy atom. The molecule has 0 aliphatic heterocycles. The van der Waals surface area contributed by atoms with E-state index in [1.165, 1.54) is 12.1 Å². The van der Waals surface area contributed by atoms with Gasteiger partial charge in [-0.15, -0.1) is 0 Å². The van der Waals surface area contributed by atoms with Crippen molar-refractivity contribution in [2.75, 3.05) is 12.8 Å². The van der Waals surface area contributed by atoms with Crippen molar-refractivity contribution < 1.29 is 18.9 Å². The number of benzene rings is 1. The van der Waals surface area contributed by atoms with E-state index in [0.717, 1.165) is 0 Å². The largest absolute Gasteiger partial charge is 0.478 e. The van der Waals surface area contributed by atoms with Gasteiger partial charge in [0.2, 0.25) is 5.91 Å². The van der Waals surface area contributed by atoms with Gasteiger partial charge in [-0.05, 0) is 30.7 Å². The number of carboxylic acid groups (broad SMARTS) is 1. The number of carbonyl (C=O) groups excluding carboxylic acids is 1. The molecule has 98 valence electrons. The Morgan fingerprint density at radius 2 is 1.89 bits per heavy atom. The third-order valence-corrected chi connectivity index (χ3v) is 3.83. The highest BCUT2D eigenvalue weighted by Crippen LogP contribution is 2.10. The van der Waals surface area contributed by atoms with Crippen molar-refractivity contribution in [1.29, 1.82) is 0 Å². The fourth-order valence-electron chi connectivity index (χ4n) is 1.36. The number of amides is 1. The van der Waals surface area contributed by atoms with Crippen molar-refractivity contribution in [3.8, 4) is 0 Å². The summed E-state index contributed by atoms with van der Waals surface area (Å²) in [5.41, 5.74) is 0.168. The Bertz CT molecular complexity index is 456. The molecule has 1 aromatic carbocycles. The zero-order chi connectivity index (χ0) is 13.5. The van der Waals surface area contributed by atoms with Crippen LogP contribution in [0.3, 0.4) is 0 Å². The molecule has 6 heteroatoms. The van der Waals surface area contributed by atoms with Crippen LogP contribution in [-0.4, -0.2) is 34.0 Å². The van der Waals surface area contributed by atoms with Crippen LogP contribution in [0.1, 0.15) is 23.2 Å². The number of hydrogen-bond acceptors (Lipinski definition) is 3. The third kappa shape index (κ3) is 4.29. The van der Waals surface area contributed by atoms with Gasteiger partial charge >= 0.3 is 5.97 Å². The zero-order valence-electron chi connectivity index (χ0n) is 10.0. The molecule has 0 spiro atoms. The minimum absolute atomic E-state index is 0.0757. The van der Waals surface area contributed by atoms with Crippen LogP contribution in [0.2, 0.25) is 0 Å². The molecular formula is C12H15NO4S. The van der Waals surface area contributed by atoms with E-state index in [0.29, 0.717) is 23.5 Å². The lowest BCUT2D eigenvalue weighted by Gasteiger charge is -2.03. The molecule has 0 saturated heterocycles. The normalized spacial score (nSPS) is 11.8. The number of hydrogen-bond donors (Lipinski definition) is 2. The SMILES string of the molecule is CNC(=O)CCCS(=O)c1ccc(C(=O)O)cc1. The standard InChI is InChI=1S/C12H15NO4S/c1-13-11(14)3-2-8-18(17)10-6-4-9(5-7-10)12(15)16/h4-7H,2-3,8H2,1H3,(H,13,14)(H,15,16). The van der Waals surface area contributed by atoms with Gasteiger partial charge in [0.1, 0.15) is 0 Å². The Labute approximate surface area is 108 Å². The van der Waals surface area contributed by atoms with E-state index in [1.807, 2.05) is 0 Å². The highest BCUT2D eigenvalue weighted by atomic mass is 32.2. The first-order valence-corrected chi connectivity index (χ1v) is 6.79. The molecule has 0 aliphatic carbocycles. The smallest absolute Gasteiger partial charge is 0.335 e. The predicted molar refractivity (Wildman–Crippen MR) is 68.0 cm³/mol. The summed E-state index contributed by atoms with van der Waals surface area (Å²) in [5.74, 6) is -0.694. The van der Waals surface area contributed by atoms with E-state index in [2.05, 4.69) is 5.32 Å². The highest BCUT2D eigenvalue weighted by Gasteiger charge is 2.07. The summed E-state index contributed by atoms with van der Waals surface area (Å²) >= 11 is 0. The lowest BCUT2D eigenvalue weighted by atomic mass is 10.2. The van der Waals surface area contributed by atoms with Gasteiger partial charge in [0, 0.05) is 24.1 Å². The first kappa shape index (κ1) is 14.4. The zero-order valence-corrected chi connectivity index (χ0v) is 10.8. The third-order valence-electron chi connectivity index (χ3n) is 2.38. The fraction of sp³-hybridized carbons (Fsp3) is 0.333. The van der Waals surface area contributed by atoms with E-state index in [4.69, 9.17) is 5.11 Å². The Kier molecular flexibility index (Phi) is 5.51. The van der Waals surface area contributed by atoms with Gasteiger partial charge in [0.05, 0.1) is 16.4 Å². The first-order valence-electron chi connectivity index (χ1n) is 5.47. The van der Waals surface area contributed by atoms with Crippen molar-refractivity contribution in [3.05, 3.63) is 29.8 Å². The van der Waals surface area contributed by atoms with Crippen LogP contribution in [0.15, 0.2) is 29.2 Å². The number of carbonyl (C=O) groups is 2. The Balaban J connectivity index is 2.51. The molecule has 0 aromatic heterocycles. The lowest BCUT2D eigenvalue weighted by molar-refractivity contribution is -0.120. The van der Waals surface area contributed by atoms with Gasteiger partial charge in [-0.2, -0.15) is 0 Å². The van der Waals surface area contributed by atoms with Crippen LogP contribution in [-0.2, 0) is 15.6 Å². The first-order chi connectivity index (χ1) is 8.54. The van der Waals surface area contributed by atoms with Crippen LogP contribution in [0.5, 0.6) is 0 Å². The minimum atomic E-state index is -1.20. The van der Waals surface area contributed by atoms with Crippen molar-refractivity contribution in [1.82, 2.24) is 5.32 Å². The average molecular weight is 269 g/mol. The molecule has 2 N–H and O–H groups in total. The number of rotatable bonds is 6. The molecule has 1 amide bonds. The molecular weight excluding hydrogens is 254 g/mol. The molecule has 0 saturated carbocycles. The molecule has 1 rings (SSSR count). The van der Waals surface area contributed by atoms with Gasteiger partial charge in [0.25, 0.3) is 0 Å². The van der Waals surface area contributed by atoms with E-state index in [-0.39, 0.29) is 11.5 Å². The van der Waals surface area contributed by atoms with Crippen molar-refractivity contribution in [2.45, 2.75) is 17.7 Å². The summed E-state index contributed by atoms with van der Waals surface area (Å²) in [6, 6.07) is 5.93. The van der Waals surface area contributed by atoms with E-state index in [1.54, 1.807) is 19.2 Å². The molecule has 18 heavy (non-hydrogen) atoms. The van der Waals surface area contributed by atoms with Gasteiger partial charge in [-0.25, -0.2) is 4.79 Å². The van der Waals surface area contributed by atoms with Crippen LogP contribution in [0.4, 0.5) is 0 Å². The average Bonchev–Trinajstić information content (AvgIpc) is 2.38. The van der Waals surface area contributed by atoms with E-state index >= 15 is 0 Å². The summed E-state index contributed by atoms with van der Waals surface area (Å²) in [6.07, 6.45) is 0.877. The summed E-state index contributed by atoms with van der Waals surface area (Å²) in [5, 5.41) is 11.2. The van der Waals surface area contributed by atoms with E-state index < -0.39 is 16.8 Å². The summed E-state index contributed by atoms with van der Waals surface area (Å²) in [4.78, 5) is 22.2. The highest BCUT2D eigenvalue weighted by molar-refractivity contribution is 7.85. The van der Waals surface area contributed by atoms with Crippen LogP contribution >= 0.6 is 0 Å². The summed E-state index contributed by atoms with van der Waals surface area (Å²) in [7, 11) is 0.363. The van der Waals surface area contributed by atoms with Crippen molar-refractivity contribution in [2.24, 2.45) is 0 Å². The second kappa shape index (κ2) is 6.90. The van der Waals surface area contributed by atoms with Gasteiger partial charge in [-0.3, -0.25) is 9.00 Å².